The van der Waals surface area contributed by atoms with Crippen LogP contribution < -0.4 is 20.3 Å². The third-order valence-electron chi connectivity index (χ3n) is 5.16. The molecular weight excluding hydrogens is 503 g/mol. The number of benzene rings is 1. The fourth-order valence-electron chi connectivity index (χ4n) is 3.66. The molecule has 2 N–H and O–H groups in total. The van der Waals surface area contributed by atoms with Crippen LogP contribution in [0.3, 0.4) is 0 Å². The Labute approximate surface area is 205 Å². The van der Waals surface area contributed by atoms with Crippen molar-refractivity contribution >= 4 is 54.3 Å². The van der Waals surface area contributed by atoms with Crippen LogP contribution in [0.2, 0.25) is 0 Å². The lowest BCUT2D eigenvalue weighted by atomic mass is 10.1. The highest BCUT2D eigenvalue weighted by Crippen LogP contribution is 2.31. The fraction of sp³-hybridized carbons (Fsp3) is 0.286. The maximum absolute atomic E-state index is 12.6. The van der Waals surface area contributed by atoms with Crippen LogP contribution in [0.15, 0.2) is 42.6 Å². The van der Waals surface area contributed by atoms with Crippen LogP contribution in [-0.4, -0.2) is 51.6 Å². The number of pyridine rings is 1. The summed E-state index contributed by atoms with van der Waals surface area (Å²) in [6.07, 6.45) is -2.54. The number of para-hydroxylation sites is 1. The molecule has 0 bridgehead atoms. The number of thiazole rings is 1. The monoisotopic (exact) mass is 521 g/mol. The normalized spacial score (nSPS) is 16.0. The van der Waals surface area contributed by atoms with Crippen molar-refractivity contribution in [2.45, 2.75) is 25.2 Å². The van der Waals surface area contributed by atoms with Gasteiger partial charge in [-0.1, -0.05) is 40.9 Å². The molecule has 1 unspecified atom stereocenters. The van der Waals surface area contributed by atoms with Gasteiger partial charge in [-0.3, -0.25) is 4.79 Å². The maximum atomic E-state index is 12.6. The molecule has 14 heteroatoms. The van der Waals surface area contributed by atoms with E-state index in [0.29, 0.717) is 5.13 Å². The van der Waals surface area contributed by atoms with E-state index in [-0.39, 0.29) is 23.2 Å². The zero-order valence-corrected chi connectivity index (χ0v) is 19.6. The molecule has 1 aromatic carbocycles. The van der Waals surface area contributed by atoms with Gasteiger partial charge in [-0.25, -0.2) is 4.98 Å². The van der Waals surface area contributed by atoms with E-state index >= 15 is 0 Å². The quantitative estimate of drug-likeness (QED) is 0.371. The predicted molar refractivity (Wildman–Crippen MR) is 127 cm³/mol. The smallest absolute Gasteiger partial charge is 0.405 e. The molecule has 1 fully saturated rings. The van der Waals surface area contributed by atoms with Crippen molar-refractivity contribution in [3.63, 3.8) is 0 Å². The molecule has 182 valence electrons. The molecular formula is C21H18F3N7O2S2. The number of aromatic nitrogens is 4. The minimum absolute atomic E-state index is 0.112. The van der Waals surface area contributed by atoms with Crippen molar-refractivity contribution in [1.29, 1.82) is 0 Å². The standard InChI is InChI=1S/C21H18F3N7O2S2/c22-21(23,24)33-14-5-2-1-4-12(14)10-16(32)27-19-30-29-18(35-19)26-13-7-9-31(11-13)20-28-17-15(34-20)6-3-8-25-17/h1-6,8,13H,7,9-11H2,(H,26,29)(H,27,30,32). The topological polar surface area (TPSA) is 105 Å². The number of fused-ring (bicyclic) bond motifs is 1. The molecule has 5 rings (SSSR count). The van der Waals surface area contributed by atoms with E-state index in [9.17, 15) is 18.0 Å². The van der Waals surface area contributed by atoms with Gasteiger partial charge in [0.05, 0.1) is 11.1 Å². The molecule has 0 radical (unpaired) electrons. The second-order valence-corrected chi connectivity index (χ2v) is 9.68. The van der Waals surface area contributed by atoms with Gasteiger partial charge < -0.3 is 20.3 Å². The lowest BCUT2D eigenvalue weighted by molar-refractivity contribution is -0.274. The summed E-state index contributed by atoms with van der Waals surface area (Å²) in [7, 11) is 0. The lowest BCUT2D eigenvalue weighted by Crippen LogP contribution is -2.25. The van der Waals surface area contributed by atoms with E-state index in [4.69, 9.17) is 0 Å². The van der Waals surface area contributed by atoms with Crippen LogP contribution in [-0.2, 0) is 11.2 Å². The number of ether oxygens (including phenoxy) is 1. The van der Waals surface area contributed by atoms with Crippen molar-refractivity contribution in [3.8, 4) is 5.75 Å². The van der Waals surface area contributed by atoms with Gasteiger partial charge in [0.25, 0.3) is 0 Å². The predicted octanol–water partition coefficient (Wildman–Crippen LogP) is 4.31. The molecule has 0 aliphatic carbocycles. The zero-order chi connectivity index (χ0) is 24.4. The number of nitrogens with one attached hydrogen (secondary N) is 2. The summed E-state index contributed by atoms with van der Waals surface area (Å²) in [6, 6.07) is 9.52. The van der Waals surface area contributed by atoms with Crippen molar-refractivity contribution in [3.05, 3.63) is 48.2 Å². The molecule has 1 aliphatic heterocycles. The van der Waals surface area contributed by atoms with Crippen LogP contribution in [0.25, 0.3) is 10.3 Å². The molecule has 9 nitrogen and oxygen atoms in total. The van der Waals surface area contributed by atoms with Gasteiger partial charge in [0.1, 0.15) is 5.75 Å². The number of carbonyl (C=O) groups excluding carboxylic acids is 1. The molecule has 0 spiro atoms. The van der Waals surface area contributed by atoms with Crippen LogP contribution in [0.5, 0.6) is 5.75 Å². The molecule has 35 heavy (non-hydrogen) atoms. The Kier molecular flexibility index (Phi) is 6.38. The van der Waals surface area contributed by atoms with E-state index in [2.05, 4.69) is 40.4 Å². The van der Waals surface area contributed by atoms with Crippen LogP contribution >= 0.6 is 22.7 Å². The minimum Gasteiger partial charge on any atom is -0.405 e. The number of nitrogens with zero attached hydrogens (tertiary/aromatic N) is 5. The SMILES string of the molecule is O=C(Cc1ccccc1OC(F)(F)F)Nc1nnc(NC2CCN(c3nc4ncccc4s3)C2)s1. The molecule has 1 amide bonds. The second-order valence-electron chi connectivity index (χ2n) is 7.69. The maximum Gasteiger partial charge on any atom is 0.573 e. The number of hydrogen-bond acceptors (Lipinski definition) is 10. The van der Waals surface area contributed by atoms with Gasteiger partial charge in [-0.15, -0.1) is 23.4 Å². The minimum atomic E-state index is -4.84. The van der Waals surface area contributed by atoms with Crippen LogP contribution in [0.4, 0.5) is 28.6 Å². The first-order valence-electron chi connectivity index (χ1n) is 10.5. The Morgan fingerprint density at radius 3 is 2.80 bits per heavy atom. The summed E-state index contributed by atoms with van der Waals surface area (Å²) in [4.78, 5) is 23.4. The average molecular weight is 522 g/mol. The van der Waals surface area contributed by atoms with Crippen LogP contribution in [0, 0.1) is 0 Å². The zero-order valence-electron chi connectivity index (χ0n) is 18.0. The second kappa shape index (κ2) is 9.62. The third-order valence-corrected chi connectivity index (χ3v) is 7.00. The summed E-state index contributed by atoms with van der Waals surface area (Å²) in [5.74, 6) is -0.938. The van der Waals surface area contributed by atoms with Gasteiger partial charge in [0.2, 0.25) is 16.2 Å². The Bertz CT molecular complexity index is 1310. The Morgan fingerprint density at radius 2 is 1.97 bits per heavy atom. The summed E-state index contributed by atoms with van der Waals surface area (Å²) < 4.78 is 42.8. The van der Waals surface area contributed by atoms with Gasteiger partial charge in [-0.2, -0.15) is 4.98 Å². The molecule has 0 saturated carbocycles. The first-order valence-corrected chi connectivity index (χ1v) is 12.2. The molecule has 1 aliphatic rings. The van der Waals surface area contributed by atoms with E-state index < -0.39 is 18.0 Å². The van der Waals surface area contributed by atoms with E-state index in [0.717, 1.165) is 46.3 Å². The van der Waals surface area contributed by atoms with Crippen molar-refractivity contribution in [1.82, 2.24) is 20.2 Å². The summed E-state index contributed by atoms with van der Waals surface area (Å²) in [6.45, 7) is 1.57. The van der Waals surface area contributed by atoms with Gasteiger partial charge in [0.15, 0.2) is 10.8 Å². The summed E-state index contributed by atoms with van der Waals surface area (Å²) >= 11 is 2.75. The highest BCUT2D eigenvalue weighted by molar-refractivity contribution is 7.22. The van der Waals surface area contributed by atoms with Crippen LogP contribution in [0.1, 0.15) is 12.0 Å². The van der Waals surface area contributed by atoms with Crippen molar-refractivity contribution in [2.24, 2.45) is 0 Å². The van der Waals surface area contributed by atoms with Gasteiger partial charge >= 0.3 is 6.36 Å². The number of alkyl halides is 3. The number of carbonyl (C=O) groups is 1. The number of amides is 1. The largest absolute Gasteiger partial charge is 0.573 e. The Morgan fingerprint density at radius 1 is 1.14 bits per heavy atom. The summed E-state index contributed by atoms with van der Waals surface area (Å²) in [5, 5.41) is 15.6. The number of anilines is 3. The average Bonchev–Trinajstić information content (AvgIpc) is 3.54. The number of hydrogen-bond donors (Lipinski definition) is 2. The molecule has 3 aromatic heterocycles. The first-order chi connectivity index (χ1) is 16.8. The first kappa shape index (κ1) is 23.2. The van der Waals surface area contributed by atoms with E-state index in [1.807, 2.05) is 12.1 Å². The molecule has 4 heterocycles. The third kappa shape index (κ3) is 5.77. The fourth-order valence-corrected chi connectivity index (χ4v) is 5.36. The molecule has 1 saturated heterocycles. The number of rotatable bonds is 7. The van der Waals surface area contributed by atoms with Gasteiger partial charge in [0, 0.05) is 30.9 Å². The number of halogens is 3. The Balaban J connectivity index is 1.16. The van der Waals surface area contributed by atoms with Crippen molar-refractivity contribution < 1.29 is 22.7 Å². The highest BCUT2D eigenvalue weighted by Gasteiger charge is 2.32. The van der Waals surface area contributed by atoms with E-state index in [1.54, 1.807) is 17.5 Å². The van der Waals surface area contributed by atoms with E-state index in [1.165, 1.54) is 24.3 Å². The lowest BCUT2D eigenvalue weighted by Gasteiger charge is -2.14. The van der Waals surface area contributed by atoms with Gasteiger partial charge in [-0.05, 0) is 24.6 Å². The highest BCUT2D eigenvalue weighted by atomic mass is 32.1. The molecule has 4 aromatic rings. The molecule has 1 atom stereocenters. The Hall–Kier alpha value is -3.52. The summed E-state index contributed by atoms with van der Waals surface area (Å²) in [5.41, 5.74) is 0.849. The van der Waals surface area contributed by atoms with Crippen molar-refractivity contribution in [2.75, 3.05) is 28.6 Å².